The van der Waals surface area contributed by atoms with Crippen molar-refractivity contribution in [1.29, 1.82) is 0 Å². The van der Waals surface area contributed by atoms with Crippen molar-refractivity contribution in [3.05, 3.63) is 40.9 Å². The molecular formula is C10H12BrNO. The van der Waals surface area contributed by atoms with Crippen LogP contribution in [-0.4, -0.2) is 7.11 Å². The maximum Gasteiger partial charge on any atom is 0.125 e. The third kappa shape index (κ3) is 2.11. The standard InChI is InChI=1S/C10H12BrNO/c1-3-8(12)10-7(11)5-4-6-9(10)13-2/h3-6,8H,1,12H2,2H3/t8-/m0/s1. The normalized spacial score (nSPS) is 12.2. The minimum atomic E-state index is -0.203. The second kappa shape index (κ2) is 4.44. The van der Waals surface area contributed by atoms with E-state index in [4.69, 9.17) is 10.5 Å². The molecule has 0 bridgehead atoms. The molecule has 0 amide bonds. The lowest BCUT2D eigenvalue weighted by Crippen LogP contribution is -2.08. The van der Waals surface area contributed by atoms with Gasteiger partial charge in [0.2, 0.25) is 0 Å². The molecule has 0 saturated heterocycles. The van der Waals surface area contributed by atoms with E-state index >= 15 is 0 Å². The van der Waals surface area contributed by atoms with Crippen LogP contribution in [0.4, 0.5) is 0 Å². The smallest absolute Gasteiger partial charge is 0.125 e. The molecule has 0 saturated carbocycles. The Kier molecular flexibility index (Phi) is 3.51. The van der Waals surface area contributed by atoms with Crippen molar-refractivity contribution < 1.29 is 4.74 Å². The van der Waals surface area contributed by atoms with Crippen LogP contribution in [0.3, 0.4) is 0 Å². The summed E-state index contributed by atoms with van der Waals surface area (Å²) in [6, 6.07) is 5.51. The Morgan fingerprint density at radius 1 is 1.62 bits per heavy atom. The van der Waals surface area contributed by atoms with Gasteiger partial charge in [0.25, 0.3) is 0 Å². The van der Waals surface area contributed by atoms with Crippen LogP contribution >= 0.6 is 15.9 Å². The maximum atomic E-state index is 5.84. The number of methoxy groups -OCH3 is 1. The van der Waals surface area contributed by atoms with E-state index in [0.717, 1.165) is 15.8 Å². The number of hydrogen-bond donors (Lipinski definition) is 1. The molecule has 0 aliphatic rings. The van der Waals surface area contributed by atoms with Gasteiger partial charge in [-0.15, -0.1) is 6.58 Å². The van der Waals surface area contributed by atoms with Gasteiger partial charge in [0.15, 0.2) is 0 Å². The van der Waals surface area contributed by atoms with Crippen molar-refractivity contribution in [3.63, 3.8) is 0 Å². The molecule has 0 aliphatic carbocycles. The summed E-state index contributed by atoms with van der Waals surface area (Å²) in [6.45, 7) is 3.65. The van der Waals surface area contributed by atoms with Crippen LogP contribution in [0.5, 0.6) is 5.75 Å². The molecule has 2 nitrogen and oxygen atoms in total. The average Bonchev–Trinajstić information content (AvgIpc) is 2.16. The Bertz CT molecular complexity index is 312. The fourth-order valence-electron chi connectivity index (χ4n) is 1.14. The highest BCUT2D eigenvalue weighted by molar-refractivity contribution is 9.10. The van der Waals surface area contributed by atoms with E-state index < -0.39 is 0 Å². The minimum Gasteiger partial charge on any atom is -0.496 e. The highest BCUT2D eigenvalue weighted by Crippen LogP contribution is 2.31. The Morgan fingerprint density at radius 3 is 2.85 bits per heavy atom. The van der Waals surface area contributed by atoms with Gasteiger partial charge in [-0.2, -0.15) is 0 Å². The molecule has 0 unspecified atom stereocenters. The van der Waals surface area contributed by atoms with Crippen LogP contribution in [-0.2, 0) is 0 Å². The maximum absolute atomic E-state index is 5.84. The third-order valence-corrected chi connectivity index (χ3v) is 2.51. The van der Waals surface area contributed by atoms with Gasteiger partial charge in [0.1, 0.15) is 5.75 Å². The van der Waals surface area contributed by atoms with E-state index in [1.165, 1.54) is 0 Å². The topological polar surface area (TPSA) is 35.2 Å². The van der Waals surface area contributed by atoms with Gasteiger partial charge < -0.3 is 10.5 Å². The Hall–Kier alpha value is -0.800. The first-order valence-electron chi connectivity index (χ1n) is 3.91. The van der Waals surface area contributed by atoms with Gasteiger partial charge in [0, 0.05) is 10.0 Å². The highest BCUT2D eigenvalue weighted by Gasteiger charge is 2.11. The van der Waals surface area contributed by atoms with E-state index in [0.29, 0.717) is 0 Å². The number of nitrogens with two attached hydrogens (primary N) is 1. The quantitative estimate of drug-likeness (QED) is 0.827. The number of benzene rings is 1. The Morgan fingerprint density at radius 2 is 2.31 bits per heavy atom. The first-order valence-corrected chi connectivity index (χ1v) is 4.70. The van der Waals surface area contributed by atoms with E-state index in [2.05, 4.69) is 22.5 Å². The van der Waals surface area contributed by atoms with E-state index in [1.807, 2.05) is 18.2 Å². The monoisotopic (exact) mass is 241 g/mol. The van der Waals surface area contributed by atoms with Crippen molar-refractivity contribution in [2.45, 2.75) is 6.04 Å². The van der Waals surface area contributed by atoms with E-state index in [9.17, 15) is 0 Å². The average molecular weight is 242 g/mol. The van der Waals surface area contributed by atoms with Gasteiger partial charge >= 0.3 is 0 Å². The van der Waals surface area contributed by atoms with Gasteiger partial charge in [0.05, 0.1) is 13.2 Å². The van der Waals surface area contributed by atoms with Crippen molar-refractivity contribution >= 4 is 15.9 Å². The second-order valence-electron chi connectivity index (χ2n) is 2.62. The van der Waals surface area contributed by atoms with Crippen molar-refractivity contribution in [2.75, 3.05) is 7.11 Å². The molecule has 0 radical (unpaired) electrons. The molecular weight excluding hydrogens is 230 g/mol. The number of halogens is 1. The summed E-state index contributed by atoms with van der Waals surface area (Å²) in [5, 5.41) is 0. The SMILES string of the molecule is C=C[C@H](N)c1c(Br)cccc1OC. The second-order valence-corrected chi connectivity index (χ2v) is 3.47. The lowest BCUT2D eigenvalue weighted by atomic mass is 10.1. The number of rotatable bonds is 3. The zero-order valence-electron chi connectivity index (χ0n) is 7.46. The Balaban J connectivity index is 3.22. The molecule has 0 aliphatic heterocycles. The molecule has 0 fully saturated rings. The first kappa shape index (κ1) is 10.3. The molecule has 1 aromatic rings. The Labute approximate surface area is 86.5 Å². The van der Waals surface area contributed by atoms with Crippen LogP contribution in [0, 0.1) is 0 Å². The van der Waals surface area contributed by atoms with Crippen LogP contribution in [0.25, 0.3) is 0 Å². The molecule has 70 valence electrons. The van der Waals surface area contributed by atoms with Gasteiger partial charge in [-0.05, 0) is 12.1 Å². The van der Waals surface area contributed by atoms with Crippen LogP contribution < -0.4 is 10.5 Å². The highest BCUT2D eigenvalue weighted by atomic mass is 79.9. The fourth-order valence-corrected chi connectivity index (χ4v) is 1.75. The number of ether oxygens (including phenoxy) is 1. The summed E-state index contributed by atoms with van der Waals surface area (Å²) < 4.78 is 6.14. The third-order valence-electron chi connectivity index (χ3n) is 1.82. The molecule has 1 atom stereocenters. The lowest BCUT2D eigenvalue weighted by molar-refractivity contribution is 0.408. The van der Waals surface area contributed by atoms with Gasteiger partial charge in [-0.25, -0.2) is 0 Å². The molecule has 0 spiro atoms. The first-order chi connectivity index (χ1) is 6.20. The summed E-state index contributed by atoms with van der Waals surface area (Å²) in [5.41, 5.74) is 6.77. The zero-order valence-corrected chi connectivity index (χ0v) is 9.04. The van der Waals surface area contributed by atoms with Gasteiger partial charge in [-0.1, -0.05) is 28.1 Å². The molecule has 0 aromatic heterocycles. The summed E-state index contributed by atoms with van der Waals surface area (Å²) >= 11 is 3.42. The van der Waals surface area contributed by atoms with Crippen molar-refractivity contribution in [3.8, 4) is 5.75 Å². The fraction of sp³-hybridized carbons (Fsp3) is 0.200. The van der Waals surface area contributed by atoms with Gasteiger partial charge in [-0.3, -0.25) is 0 Å². The largest absolute Gasteiger partial charge is 0.496 e. The van der Waals surface area contributed by atoms with Crippen molar-refractivity contribution in [2.24, 2.45) is 5.73 Å². The van der Waals surface area contributed by atoms with Crippen LogP contribution in [0.15, 0.2) is 35.3 Å². The predicted molar refractivity (Wildman–Crippen MR) is 57.8 cm³/mol. The molecule has 13 heavy (non-hydrogen) atoms. The summed E-state index contributed by atoms with van der Waals surface area (Å²) in [6.07, 6.45) is 1.68. The van der Waals surface area contributed by atoms with Crippen LogP contribution in [0.2, 0.25) is 0 Å². The van der Waals surface area contributed by atoms with Crippen LogP contribution in [0.1, 0.15) is 11.6 Å². The minimum absolute atomic E-state index is 0.203. The summed E-state index contributed by atoms with van der Waals surface area (Å²) in [7, 11) is 1.63. The van der Waals surface area contributed by atoms with E-state index in [1.54, 1.807) is 13.2 Å². The lowest BCUT2D eigenvalue weighted by Gasteiger charge is -2.13. The predicted octanol–water partition coefficient (Wildman–Crippen LogP) is 2.64. The van der Waals surface area contributed by atoms with E-state index in [-0.39, 0.29) is 6.04 Å². The zero-order chi connectivity index (χ0) is 9.84. The molecule has 3 heteroatoms. The molecule has 0 heterocycles. The molecule has 1 rings (SSSR count). The summed E-state index contributed by atoms with van der Waals surface area (Å²) in [4.78, 5) is 0. The molecule has 1 aromatic carbocycles. The van der Waals surface area contributed by atoms with Crippen molar-refractivity contribution in [1.82, 2.24) is 0 Å². The number of hydrogen-bond acceptors (Lipinski definition) is 2. The summed E-state index contributed by atoms with van der Waals surface area (Å²) in [5.74, 6) is 0.779. The molecule has 2 N–H and O–H groups in total.